The second-order valence-electron chi connectivity index (χ2n) is 5.84. The second kappa shape index (κ2) is 4.96. The van der Waals surface area contributed by atoms with E-state index in [-0.39, 0.29) is 11.4 Å². The average Bonchev–Trinajstić information content (AvgIpc) is 2.26. The van der Waals surface area contributed by atoms with Crippen LogP contribution in [0.3, 0.4) is 0 Å². The van der Waals surface area contributed by atoms with Gasteiger partial charge in [0.15, 0.2) is 0 Å². The first kappa shape index (κ1) is 13.5. The number of carbonyl (C=O) groups excluding carboxylic acids is 1. The van der Waals surface area contributed by atoms with Crippen LogP contribution in [0.1, 0.15) is 33.4 Å². The van der Waals surface area contributed by atoms with E-state index >= 15 is 0 Å². The highest BCUT2D eigenvalue weighted by atomic mass is 16.5. The van der Waals surface area contributed by atoms with Crippen molar-refractivity contribution in [2.24, 2.45) is 5.41 Å². The maximum Gasteiger partial charge on any atom is 0.308 e. The van der Waals surface area contributed by atoms with Crippen LogP contribution in [-0.4, -0.2) is 15.9 Å². The number of nitrogens with zero attached hydrogens (tertiary/aromatic N) is 2. The molecule has 100 valence electrons. The van der Waals surface area contributed by atoms with E-state index in [4.69, 9.17) is 4.74 Å². The number of ether oxygens (including phenoxy) is 1. The molecule has 0 amide bonds. The third-order valence-corrected chi connectivity index (χ3v) is 2.54. The van der Waals surface area contributed by atoms with E-state index in [0.717, 1.165) is 23.1 Å². The summed E-state index contributed by atoms with van der Waals surface area (Å²) in [7, 11) is 0. The summed E-state index contributed by atoms with van der Waals surface area (Å²) in [5.41, 5.74) is 2.70. The summed E-state index contributed by atoms with van der Waals surface area (Å²) in [5, 5.41) is 0. The lowest BCUT2D eigenvalue weighted by Crippen LogP contribution is -2.10. The molecule has 0 radical (unpaired) electrons. The Morgan fingerprint density at radius 3 is 2.63 bits per heavy atom. The molecule has 2 aromatic rings. The van der Waals surface area contributed by atoms with Crippen LogP contribution in [0.25, 0.3) is 11.0 Å². The van der Waals surface area contributed by atoms with Gasteiger partial charge in [-0.1, -0.05) is 20.8 Å². The van der Waals surface area contributed by atoms with Gasteiger partial charge in [-0.25, -0.2) is 4.98 Å². The van der Waals surface area contributed by atoms with Crippen molar-refractivity contribution in [2.75, 3.05) is 0 Å². The molecule has 1 aromatic heterocycles. The van der Waals surface area contributed by atoms with Gasteiger partial charge in [-0.05, 0) is 24.0 Å². The van der Waals surface area contributed by atoms with Gasteiger partial charge in [-0.3, -0.25) is 9.78 Å². The number of fused-ring (bicyclic) bond motifs is 1. The molecule has 1 heterocycles. The highest BCUT2D eigenvalue weighted by molar-refractivity contribution is 5.77. The molecule has 0 unspecified atom stereocenters. The number of carbonyl (C=O) groups is 1. The number of rotatable bonds is 2. The van der Waals surface area contributed by atoms with Gasteiger partial charge in [0, 0.05) is 19.2 Å². The average molecular weight is 258 g/mol. The number of esters is 1. The van der Waals surface area contributed by atoms with Crippen LogP contribution in [0, 0.1) is 5.41 Å². The third-order valence-electron chi connectivity index (χ3n) is 2.54. The lowest BCUT2D eigenvalue weighted by molar-refractivity contribution is -0.131. The monoisotopic (exact) mass is 258 g/mol. The van der Waals surface area contributed by atoms with Crippen molar-refractivity contribution in [3.63, 3.8) is 0 Å². The van der Waals surface area contributed by atoms with Crippen LogP contribution in [0.5, 0.6) is 5.75 Å². The van der Waals surface area contributed by atoms with Gasteiger partial charge in [0.05, 0.1) is 16.7 Å². The fourth-order valence-corrected chi connectivity index (χ4v) is 1.89. The quantitative estimate of drug-likeness (QED) is 0.613. The normalized spacial score (nSPS) is 11.6. The van der Waals surface area contributed by atoms with Crippen molar-refractivity contribution in [1.29, 1.82) is 0 Å². The van der Waals surface area contributed by atoms with Crippen LogP contribution in [0.15, 0.2) is 24.4 Å². The SMILES string of the molecule is CC(=O)Oc1ccc2nc(CC(C)(C)C)cnc2c1. The first-order valence-corrected chi connectivity index (χ1v) is 6.28. The molecule has 0 saturated heterocycles. The topological polar surface area (TPSA) is 52.1 Å². The minimum atomic E-state index is -0.336. The maximum absolute atomic E-state index is 10.9. The highest BCUT2D eigenvalue weighted by Gasteiger charge is 2.13. The smallest absolute Gasteiger partial charge is 0.308 e. The van der Waals surface area contributed by atoms with Crippen molar-refractivity contribution in [3.8, 4) is 5.75 Å². The Hall–Kier alpha value is -1.97. The third kappa shape index (κ3) is 3.74. The molecule has 4 nitrogen and oxygen atoms in total. The summed E-state index contributed by atoms with van der Waals surface area (Å²) in [6.07, 6.45) is 2.66. The zero-order valence-corrected chi connectivity index (χ0v) is 11.7. The van der Waals surface area contributed by atoms with Crippen molar-refractivity contribution < 1.29 is 9.53 Å². The molecular formula is C15H18N2O2. The Morgan fingerprint density at radius 1 is 1.26 bits per heavy atom. The van der Waals surface area contributed by atoms with Gasteiger partial charge in [0.25, 0.3) is 0 Å². The first-order valence-electron chi connectivity index (χ1n) is 6.28. The van der Waals surface area contributed by atoms with Crippen LogP contribution in [-0.2, 0) is 11.2 Å². The summed E-state index contributed by atoms with van der Waals surface area (Å²) >= 11 is 0. The molecule has 0 spiro atoms. The van der Waals surface area contributed by atoms with Crippen molar-refractivity contribution >= 4 is 17.0 Å². The van der Waals surface area contributed by atoms with Crippen LogP contribution in [0.2, 0.25) is 0 Å². The Labute approximate surface area is 112 Å². The van der Waals surface area contributed by atoms with Gasteiger partial charge < -0.3 is 4.74 Å². The highest BCUT2D eigenvalue weighted by Crippen LogP contribution is 2.22. The van der Waals surface area contributed by atoms with Gasteiger partial charge in [-0.2, -0.15) is 0 Å². The molecular weight excluding hydrogens is 240 g/mol. The van der Waals surface area contributed by atoms with E-state index in [9.17, 15) is 4.79 Å². The van der Waals surface area contributed by atoms with Gasteiger partial charge in [0.2, 0.25) is 0 Å². The molecule has 1 aromatic carbocycles. The Morgan fingerprint density at radius 2 is 2.00 bits per heavy atom. The van der Waals surface area contributed by atoms with E-state index in [0.29, 0.717) is 5.75 Å². The van der Waals surface area contributed by atoms with Gasteiger partial charge in [-0.15, -0.1) is 0 Å². The Balaban J connectivity index is 2.32. The summed E-state index contributed by atoms with van der Waals surface area (Å²) in [6, 6.07) is 5.29. The van der Waals surface area contributed by atoms with Crippen LogP contribution < -0.4 is 4.74 Å². The molecule has 19 heavy (non-hydrogen) atoms. The van der Waals surface area contributed by atoms with Crippen molar-refractivity contribution in [1.82, 2.24) is 9.97 Å². The zero-order chi connectivity index (χ0) is 14.0. The van der Waals surface area contributed by atoms with Crippen molar-refractivity contribution in [3.05, 3.63) is 30.1 Å². The van der Waals surface area contributed by atoms with Crippen LogP contribution in [0.4, 0.5) is 0 Å². The van der Waals surface area contributed by atoms with Gasteiger partial charge in [0.1, 0.15) is 5.75 Å². The second-order valence-corrected chi connectivity index (χ2v) is 5.84. The van der Waals surface area contributed by atoms with Gasteiger partial charge >= 0.3 is 5.97 Å². The molecule has 2 rings (SSSR count). The minimum Gasteiger partial charge on any atom is -0.427 e. The Kier molecular flexibility index (Phi) is 3.51. The molecule has 0 N–H and O–H groups in total. The van der Waals surface area contributed by atoms with Crippen LogP contribution >= 0.6 is 0 Å². The van der Waals surface area contributed by atoms with E-state index in [1.165, 1.54) is 6.92 Å². The fourth-order valence-electron chi connectivity index (χ4n) is 1.89. The standard InChI is InChI=1S/C15H18N2O2/c1-10(18)19-12-5-6-13-14(7-12)16-9-11(17-13)8-15(2,3)4/h5-7,9H,8H2,1-4H3. The minimum absolute atomic E-state index is 0.181. The molecule has 0 aliphatic heterocycles. The molecule has 0 saturated carbocycles. The molecule has 0 atom stereocenters. The van der Waals surface area contributed by atoms with E-state index in [1.54, 1.807) is 18.3 Å². The number of benzene rings is 1. The molecule has 0 aliphatic carbocycles. The Bertz CT molecular complexity index is 615. The zero-order valence-electron chi connectivity index (χ0n) is 11.7. The molecule has 4 heteroatoms. The summed E-state index contributed by atoms with van der Waals surface area (Å²) in [5.74, 6) is 0.162. The lowest BCUT2D eigenvalue weighted by atomic mass is 9.91. The lowest BCUT2D eigenvalue weighted by Gasteiger charge is -2.17. The van der Waals surface area contributed by atoms with Crippen molar-refractivity contribution in [2.45, 2.75) is 34.1 Å². The van der Waals surface area contributed by atoms with E-state index in [2.05, 4.69) is 30.7 Å². The summed E-state index contributed by atoms with van der Waals surface area (Å²) < 4.78 is 5.03. The molecule has 0 bridgehead atoms. The molecule has 0 fully saturated rings. The number of hydrogen-bond donors (Lipinski definition) is 0. The fraction of sp³-hybridized carbons (Fsp3) is 0.400. The number of hydrogen-bond acceptors (Lipinski definition) is 4. The first-order chi connectivity index (χ1) is 8.83. The predicted molar refractivity (Wildman–Crippen MR) is 74.0 cm³/mol. The van der Waals surface area contributed by atoms with E-state index < -0.39 is 0 Å². The summed E-state index contributed by atoms with van der Waals surface area (Å²) in [6.45, 7) is 7.89. The predicted octanol–water partition coefficient (Wildman–Crippen LogP) is 3.14. The molecule has 0 aliphatic rings. The largest absolute Gasteiger partial charge is 0.427 e. The maximum atomic E-state index is 10.9. The number of aromatic nitrogens is 2. The van der Waals surface area contributed by atoms with E-state index in [1.807, 2.05) is 6.07 Å². The summed E-state index contributed by atoms with van der Waals surface area (Å²) in [4.78, 5) is 19.9.